The number of nitrogens with one attached hydrogen (secondary N) is 1. The number of benzene rings is 2. The minimum absolute atomic E-state index is 0.0240. The molecule has 146 valence electrons. The number of aryl methyl sites for hydroxylation is 2. The highest BCUT2D eigenvalue weighted by Crippen LogP contribution is 2.28. The fourth-order valence-electron chi connectivity index (χ4n) is 2.82. The summed E-state index contributed by atoms with van der Waals surface area (Å²) in [6.07, 6.45) is 0. The van der Waals surface area contributed by atoms with Gasteiger partial charge >= 0.3 is 0 Å². The van der Waals surface area contributed by atoms with Gasteiger partial charge in [-0.2, -0.15) is 0 Å². The summed E-state index contributed by atoms with van der Waals surface area (Å²) in [7, 11) is 3.57. The van der Waals surface area contributed by atoms with Crippen LogP contribution < -0.4 is 14.8 Å². The van der Waals surface area contributed by atoms with E-state index in [0.29, 0.717) is 18.9 Å². The van der Waals surface area contributed by atoms with Crippen LogP contribution in [0.4, 0.5) is 5.69 Å². The van der Waals surface area contributed by atoms with Gasteiger partial charge in [-0.25, -0.2) is 0 Å². The zero-order chi connectivity index (χ0) is 20.0. The number of rotatable bonds is 8. The molecule has 5 heteroatoms. The second kappa shape index (κ2) is 9.42. The highest BCUT2D eigenvalue weighted by atomic mass is 16.5. The fraction of sp³-hybridized carbons (Fsp3) is 0.409. The second-order valence-electron chi connectivity index (χ2n) is 6.82. The molecular formula is C22H30N2O3. The van der Waals surface area contributed by atoms with Gasteiger partial charge in [-0.3, -0.25) is 9.69 Å². The summed E-state index contributed by atoms with van der Waals surface area (Å²) in [6, 6.07) is 11.6. The Labute approximate surface area is 162 Å². The summed E-state index contributed by atoms with van der Waals surface area (Å²) in [5, 5.41) is 3.04. The summed E-state index contributed by atoms with van der Waals surface area (Å²) in [5.74, 6) is 1.41. The van der Waals surface area contributed by atoms with Gasteiger partial charge in [0.05, 0.1) is 19.8 Å². The molecule has 1 N–H and O–H groups in total. The monoisotopic (exact) mass is 370 g/mol. The van der Waals surface area contributed by atoms with Crippen molar-refractivity contribution in [2.24, 2.45) is 0 Å². The van der Waals surface area contributed by atoms with Crippen molar-refractivity contribution in [1.29, 1.82) is 0 Å². The van der Waals surface area contributed by atoms with Crippen LogP contribution in [0, 0.1) is 13.8 Å². The van der Waals surface area contributed by atoms with Gasteiger partial charge in [-0.1, -0.05) is 18.2 Å². The highest BCUT2D eigenvalue weighted by molar-refractivity contribution is 5.95. The first-order chi connectivity index (χ1) is 12.8. The lowest BCUT2D eigenvalue weighted by Gasteiger charge is -2.24. The first kappa shape index (κ1) is 20.8. The van der Waals surface area contributed by atoms with Crippen LogP contribution in [0.5, 0.6) is 11.5 Å². The molecule has 2 rings (SSSR count). The van der Waals surface area contributed by atoms with Gasteiger partial charge in [0.15, 0.2) is 11.5 Å². The van der Waals surface area contributed by atoms with Gasteiger partial charge in [-0.05, 0) is 69.6 Å². The van der Waals surface area contributed by atoms with Crippen LogP contribution in [-0.4, -0.2) is 37.6 Å². The van der Waals surface area contributed by atoms with Crippen LogP contribution in [0.2, 0.25) is 0 Å². The fourth-order valence-corrected chi connectivity index (χ4v) is 2.82. The maximum absolute atomic E-state index is 12.7. The van der Waals surface area contributed by atoms with Crippen molar-refractivity contribution in [3.63, 3.8) is 0 Å². The maximum atomic E-state index is 12.7. The largest absolute Gasteiger partial charge is 0.493 e. The molecule has 27 heavy (non-hydrogen) atoms. The van der Waals surface area contributed by atoms with Gasteiger partial charge in [-0.15, -0.1) is 0 Å². The molecule has 1 atom stereocenters. The van der Waals surface area contributed by atoms with E-state index in [2.05, 4.69) is 5.32 Å². The molecule has 1 amide bonds. The van der Waals surface area contributed by atoms with Crippen molar-refractivity contribution in [1.82, 2.24) is 4.90 Å². The normalized spacial score (nSPS) is 12.0. The molecule has 0 aliphatic carbocycles. The SMILES string of the molecule is CCOc1ccc(CN(C)[C@H](C)C(=O)Nc2cc(C)ccc2C)cc1OC. The van der Waals surface area contributed by atoms with Crippen LogP contribution in [0.1, 0.15) is 30.5 Å². The number of likely N-dealkylation sites (N-methyl/N-ethyl adjacent to an activating group) is 1. The Hall–Kier alpha value is -2.53. The number of anilines is 1. The van der Waals surface area contributed by atoms with E-state index in [1.807, 2.05) is 76.0 Å². The number of carbonyl (C=O) groups is 1. The molecule has 0 bridgehead atoms. The van der Waals surface area contributed by atoms with Crippen LogP contribution in [-0.2, 0) is 11.3 Å². The smallest absolute Gasteiger partial charge is 0.241 e. The lowest BCUT2D eigenvalue weighted by atomic mass is 10.1. The van der Waals surface area contributed by atoms with E-state index < -0.39 is 0 Å². The van der Waals surface area contributed by atoms with E-state index in [0.717, 1.165) is 28.1 Å². The average Bonchev–Trinajstić information content (AvgIpc) is 2.65. The second-order valence-corrected chi connectivity index (χ2v) is 6.82. The molecule has 0 saturated heterocycles. The van der Waals surface area contributed by atoms with Crippen molar-refractivity contribution < 1.29 is 14.3 Å². The lowest BCUT2D eigenvalue weighted by Crippen LogP contribution is -2.39. The van der Waals surface area contributed by atoms with Crippen LogP contribution in [0.25, 0.3) is 0 Å². The lowest BCUT2D eigenvalue weighted by molar-refractivity contribution is -0.120. The van der Waals surface area contributed by atoms with Crippen molar-refractivity contribution >= 4 is 11.6 Å². The van der Waals surface area contributed by atoms with Crippen LogP contribution in [0.3, 0.4) is 0 Å². The molecule has 5 nitrogen and oxygen atoms in total. The summed E-state index contributed by atoms with van der Waals surface area (Å²) in [6.45, 7) is 9.08. The molecule has 0 aliphatic rings. The third-order valence-electron chi connectivity index (χ3n) is 4.65. The molecule has 0 saturated carbocycles. The van der Waals surface area contributed by atoms with E-state index in [4.69, 9.17) is 9.47 Å². The summed E-state index contributed by atoms with van der Waals surface area (Å²) >= 11 is 0. The highest BCUT2D eigenvalue weighted by Gasteiger charge is 2.19. The topological polar surface area (TPSA) is 50.8 Å². The van der Waals surface area contributed by atoms with Crippen molar-refractivity contribution in [2.45, 2.75) is 40.3 Å². The van der Waals surface area contributed by atoms with Gasteiger partial charge in [0.1, 0.15) is 0 Å². The van der Waals surface area contributed by atoms with Gasteiger partial charge in [0.25, 0.3) is 0 Å². The Morgan fingerprint density at radius 3 is 2.56 bits per heavy atom. The predicted molar refractivity (Wildman–Crippen MR) is 110 cm³/mol. The minimum atomic E-state index is -0.275. The number of methoxy groups -OCH3 is 1. The maximum Gasteiger partial charge on any atom is 0.241 e. The summed E-state index contributed by atoms with van der Waals surface area (Å²) in [5.41, 5.74) is 4.10. The van der Waals surface area contributed by atoms with Crippen molar-refractivity contribution in [2.75, 3.05) is 26.1 Å². The zero-order valence-corrected chi connectivity index (χ0v) is 17.1. The molecule has 0 radical (unpaired) electrons. The quantitative estimate of drug-likeness (QED) is 0.758. The molecule has 0 unspecified atom stereocenters. The van der Waals surface area contributed by atoms with Crippen LogP contribution >= 0.6 is 0 Å². The van der Waals surface area contributed by atoms with E-state index in [1.165, 1.54) is 0 Å². The number of carbonyl (C=O) groups excluding carboxylic acids is 1. The molecule has 0 fully saturated rings. The summed E-state index contributed by atoms with van der Waals surface area (Å²) in [4.78, 5) is 14.7. The number of amides is 1. The van der Waals surface area contributed by atoms with E-state index >= 15 is 0 Å². The number of hydrogen-bond acceptors (Lipinski definition) is 4. The third-order valence-corrected chi connectivity index (χ3v) is 4.65. The standard InChI is InChI=1S/C22H30N2O3/c1-7-27-20-11-10-18(13-21(20)26-6)14-24(5)17(4)22(25)23-19-12-15(2)8-9-16(19)3/h8-13,17H,7,14H2,1-6H3,(H,23,25)/t17-/m1/s1. The van der Waals surface area contributed by atoms with E-state index in [9.17, 15) is 4.79 Å². The summed E-state index contributed by atoms with van der Waals surface area (Å²) < 4.78 is 11.0. The predicted octanol–water partition coefficient (Wildman–Crippen LogP) is 4.17. The molecule has 0 heterocycles. The van der Waals surface area contributed by atoms with E-state index in [1.54, 1.807) is 7.11 Å². The molecule has 0 aromatic heterocycles. The Bertz CT molecular complexity index is 789. The zero-order valence-electron chi connectivity index (χ0n) is 17.1. The average molecular weight is 370 g/mol. The molecule has 0 aliphatic heterocycles. The number of nitrogens with zero attached hydrogens (tertiary/aromatic N) is 1. The first-order valence-corrected chi connectivity index (χ1v) is 9.23. The van der Waals surface area contributed by atoms with Gasteiger partial charge in [0.2, 0.25) is 5.91 Å². The Morgan fingerprint density at radius 1 is 1.15 bits per heavy atom. The Morgan fingerprint density at radius 2 is 1.89 bits per heavy atom. The first-order valence-electron chi connectivity index (χ1n) is 9.23. The van der Waals surface area contributed by atoms with Crippen molar-refractivity contribution in [3.8, 4) is 11.5 Å². The van der Waals surface area contributed by atoms with E-state index in [-0.39, 0.29) is 11.9 Å². The molecule has 2 aromatic rings. The number of ether oxygens (including phenoxy) is 2. The van der Waals surface area contributed by atoms with Crippen LogP contribution in [0.15, 0.2) is 36.4 Å². The molecular weight excluding hydrogens is 340 g/mol. The van der Waals surface area contributed by atoms with Gasteiger partial charge in [0, 0.05) is 12.2 Å². The van der Waals surface area contributed by atoms with Gasteiger partial charge < -0.3 is 14.8 Å². The minimum Gasteiger partial charge on any atom is -0.493 e. The Balaban J connectivity index is 2.05. The molecule has 0 spiro atoms. The molecule has 2 aromatic carbocycles. The van der Waals surface area contributed by atoms with Crippen molar-refractivity contribution in [3.05, 3.63) is 53.1 Å². The Kier molecular flexibility index (Phi) is 7.25. The number of hydrogen-bond donors (Lipinski definition) is 1. The third kappa shape index (κ3) is 5.47.